The van der Waals surface area contributed by atoms with Gasteiger partial charge in [-0.1, -0.05) is 6.07 Å². The Morgan fingerprint density at radius 2 is 2.33 bits per heavy atom. The van der Waals surface area contributed by atoms with Crippen molar-refractivity contribution in [2.75, 3.05) is 25.1 Å². The number of aromatic nitrogens is 2. The lowest BCUT2D eigenvalue weighted by Gasteiger charge is -2.32. The molecule has 2 aliphatic heterocycles. The number of amides is 1. The molecule has 0 aliphatic carbocycles. The van der Waals surface area contributed by atoms with Gasteiger partial charge < -0.3 is 10.1 Å². The van der Waals surface area contributed by atoms with E-state index in [0.717, 1.165) is 30.2 Å². The first-order valence-electron chi connectivity index (χ1n) is 6.99. The number of carbonyl (C=O) groups is 1. The summed E-state index contributed by atoms with van der Waals surface area (Å²) in [6.07, 6.45) is 4.28. The van der Waals surface area contributed by atoms with E-state index in [2.05, 4.69) is 10.3 Å². The highest BCUT2D eigenvalue weighted by atomic mass is 16.5. The summed E-state index contributed by atoms with van der Waals surface area (Å²) in [5, 5.41) is 3.36. The van der Waals surface area contributed by atoms with Crippen LogP contribution < -0.4 is 15.0 Å². The van der Waals surface area contributed by atoms with Crippen LogP contribution in [0.3, 0.4) is 0 Å². The Kier molecular flexibility index (Phi) is 2.56. The SMILES string of the molecule is COc1cccc(N2C(=O)n3ccnc3C23CCNC3)c1. The zero-order chi connectivity index (χ0) is 14.4. The molecule has 6 heteroatoms. The zero-order valence-corrected chi connectivity index (χ0v) is 11.7. The molecule has 0 radical (unpaired) electrons. The fraction of sp³-hybridized carbons (Fsp3) is 0.333. The van der Waals surface area contributed by atoms with Crippen LogP contribution in [-0.2, 0) is 5.54 Å². The van der Waals surface area contributed by atoms with Crippen LogP contribution in [0.15, 0.2) is 36.7 Å². The summed E-state index contributed by atoms with van der Waals surface area (Å²) in [5.41, 5.74) is 0.445. The average Bonchev–Trinajstić information content (AvgIpc) is 3.20. The number of anilines is 1. The second-order valence-electron chi connectivity index (χ2n) is 5.40. The molecule has 1 fully saturated rings. The number of hydrogen-bond acceptors (Lipinski definition) is 4. The van der Waals surface area contributed by atoms with Gasteiger partial charge in [-0.05, 0) is 25.1 Å². The largest absolute Gasteiger partial charge is 0.497 e. The van der Waals surface area contributed by atoms with Crippen molar-refractivity contribution in [2.24, 2.45) is 0 Å². The highest BCUT2D eigenvalue weighted by Crippen LogP contribution is 2.42. The Morgan fingerprint density at radius 1 is 1.43 bits per heavy atom. The number of fused-ring (bicyclic) bond motifs is 2. The van der Waals surface area contributed by atoms with Crippen LogP contribution in [0.1, 0.15) is 12.2 Å². The third-order valence-electron chi connectivity index (χ3n) is 4.33. The van der Waals surface area contributed by atoms with Crippen molar-refractivity contribution in [1.29, 1.82) is 0 Å². The van der Waals surface area contributed by atoms with E-state index in [1.807, 2.05) is 29.2 Å². The van der Waals surface area contributed by atoms with Crippen molar-refractivity contribution in [2.45, 2.75) is 12.0 Å². The van der Waals surface area contributed by atoms with E-state index in [0.29, 0.717) is 6.54 Å². The lowest BCUT2D eigenvalue weighted by Crippen LogP contribution is -2.46. The van der Waals surface area contributed by atoms with E-state index >= 15 is 0 Å². The maximum atomic E-state index is 12.8. The highest BCUT2D eigenvalue weighted by molar-refractivity contribution is 5.99. The van der Waals surface area contributed by atoms with E-state index in [4.69, 9.17) is 4.74 Å². The Labute approximate surface area is 122 Å². The van der Waals surface area contributed by atoms with E-state index in [9.17, 15) is 4.79 Å². The van der Waals surface area contributed by atoms with Gasteiger partial charge in [0, 0.05) is 25.0 Å². The van der Waals surface area contributed by atoms with Gasteiger partial charge in [-0.15, -0.1) is 0 Å². The molecule has 1 N–H and O–H groups in total. The van der Waals surface area contributed by atoms with E-state index < -0.39 is 5.54 Å². The molecule has 2 aliphatic rings. The zero-order valence-electron chi connectivity index (χ0n) is 11.7. The van der Waals surface area contributed by atoms with Crippen molar-refractivity contribution in [3.8, 4) is 5.75 Å². The van der Waals surface area contributed by atoms with E-state index in [1.54, 1.807) is 24.1 Å². The summed E-state index contributed by atoms with van der Waals surface area (Å²) in [5.74, 6) is 1.56. The third-order valence-corrected chi connectivity index (χ3v) is 4.33. The van der Waals surface area contributed by atoms with Crippen LogP contribution >= 0.6 is 0 Å². The molecule has 1 atom stereocenters. The first-order chi connectivity index (χ1) is 10.3. The number of nitrogens with one attached hydrogen (secondary N) is 1. The Morgan fingerprint density at radius 3 is 3.10 bits per heavy atom. The molecule has 108 valence electrons. The van der Waals surface area contributed by atoms with Crippen molar-refractivity contribution >= 4 is 11.7 Å². The maximum Gasteiger partial charge on any atom is 0.335 e. The molecule has 1 saturated heterocycles. The van der Waals surface area contributed by atoms with E-state index in [-0.39, 0.29) is 6.03 Å². The summed E-state index contributed by atoms with van der Waals surface area (Å²) in [6.45, 7) is 1.59. The lowest BCUT2D eigenvalue weighted by molar-refractivity contribution is 0.248. The summed E-state index contributed by atoms with van der Waals surface area (Å²) in [7, 11) is 1.63. The van der Waals surface area contributed by atoms with E-state index in [1.165, 1.54) is 0 Å². The number of rotatable bonds is 2. The molecule has 1 aromatic carbocycles. The lowest BCUT2D eigenvalue weighted by atomic mass is 9.96. The number of nitrogens with zero attached hydrogens (tertiary/aromatic N) is 3. The van der Waals surface area contributed by atoms with Crippen molar-refractivity contribution in [3.63, 3.8) is 0 Å². The van der Waals surface area contributed by atoms with Gasteiger partial charge in [-0.3, -0.25) is 9.47 Å². The first kappa shape index (κ1) is 12.4. The van der Waals surface area contributed by atoms with Gasteiger partial charge in [0.15, 0.2) is 0 Å². The molecule has 1 unspecified atom stereocenters. The first-order valence-corrected chi connectivity index (χ1v) is 6.99. The van der Waals surface area contributed by atoms with Gasteiger partial charge in [-0.2, -0.15) is 0 Å². The number of hydrogen-bond donors (Lipinski definition) is 1. The van der Waals surface area contributed by atoms with Crippen molar-refractivity contribution in [1.82, 2.24) is 14.9 Å². The minimum atomic E-state index is -0.396. The molecule has 1 aromatic heterocycles. The molecule has 0 bridgehead atoms. The smallest absolute Gasteiger partial charge is 0.335 e. The summed E-state index contributed by atoms with van der Waals surface area (Å²) >= 11 is 0. The molecule has 1 amide bonds. The second-order valence-corrected chi connectivity index (χ2v) is 5.40. The van der Waals surface area contributed by atoms with Crippen LogP contribution in [0.4, 0.5) is 10.5 Å². The quantitative estimate of drug-likeness (QED) is 0.909. The molecule has 4 rings (SSSR count). The number of benzene rings is 1. The predicted octanol–water partition coefficient (Wildman–Crippen LogP) is 1.57. The maximum absolute atomic E-state index is 12.8. The van der Waals surface area contributed by atoms with Crippen LogP contribution in [0.2, 0.25) is 0 Å². The van der Waals surface area contributed by atoms with Crippen LogP contribution in [-0.4, -0.2) is 35.8 Å². The van der Waals surface area contributed by atoms with Gasteiger partial charge in [-0.25, -0.2) is 9.78 Å². The summed E-state index contributed by atoms with van der Waals surface area (Å²) < 4.78 is 6.93. The fourth-order valence-electron chi connectivity index (χ4n) is 3.36. The Hall–Kier alpha value is -2.34. The summed E-state index contributed by atoms with van der Waals surface area (Å²) in [6, 6.07) is 7.55. The van der Waals surface area contributed by atoms with Crippen LogP contribution in [0.25, 0.3) is 0 Å². The highest BCUT2D eigenvalue weighted by Gasteiger charge is 2.53. The van der Waals surface area contributed by atoms with Crippen molar-refractivity contribution < 1.29 is 9.53 Å². The fourth-order valence-corrected chi connectivity index (χ4v) is 3.36. The minimum Gasteiger partial charge on any atom is -0.497 e. The Balaban J connectivity index is 1.87. The van der Waals surface area contributed by atoms with Gasteiger partial charge in [0.25, 0.3) is 0 Å². The van der Waals surface area contributed by atoms with Gasteiger partial charge in [0.2, 0.25) is 0 Å². The molecule has 2 aromatic rings. The number of ether oxygens (including phenoxy) is 1. The molecule has 21 heavy (non-hydrogen) atoms. The molecule has 6 nitrogen and oxygen atoms in total. The summed E-state index contributed by atoms with van der Waals surface area (Å²) in [4.78, 5) is 19.1. The van der Waals surface area contributed by atoms with Gasteiger partial charge in [0.05, 0.1) is 12.8 Å². The average molecular weight is 284 g/mol. The second kappa shape index (κ2) is 4.33. The van der Waals surface area contributed by atoms with Crippen molar-refractivity contribution in [3.05, 3.63) is 42.5 Å². The van der Waals surface area contributed by atoms with Gasteiger partial charge in [0.1, 0.15) is 17.1 Å². The molecule has 1 spiro atoms. The standard InChI is InChI=1S/C15H16N4O2/c1-21-12-4-2-3-11(9-12)19-14(20)18-8-7-17-13(18)15(19)5-6-16-10-15/h2-4,7-9,16H,5-6,10H2,1H3. The number of imidazole rings is 1. The number of carbonyl (C=O) groups excluding carboxylic acids is 1. The molecule has 3 heterocycles. The molecular weight excluding hydrogens is 268 g/mol. The molecular formula is C15H16N4O2. The van der Waals surface area contributed by atoms with Crippen LogP contribution in [0.5, 0.6) is 5.75 Å². The predicted molar refractivity (Wildman–Crippen MR) is 77.7 cm³/mol. The number of methoxy groups -OCH3 is 1. The third kappa shape index (κ3) is 1.56. The topological polar surface area (TPSA) is 59.4 Å². The van der Waals surface area contributed by atoms with Crippen LogP contribution in [0, 0.1) is 0 Å². The normalized spacial score (nSPS) is 23.9. The monoisotopic (exact) mass is 284 g/mol. The Bertz CT molecular complexity index is 703. The minimum absolute atomic E-state index is 0.0561. The molecule has 0 saturated carbocycles. The van der Waals surface area contributed by atoms with Gasteiger partial charge >= 0.3 is 6.03 Å².